The normalized spacial score (nSPS) is 8.17. The van der Waals surface area contributed by atoms with Crippen molar-refractivity contribution in [3.05, 3.63) is 0 Å². The second kappa shape index (κ2) is 13.8. The number of unbranched alkanes of at least 4 members (excludes halogenated alkanes) is 2. The Bertz CT molecular complexity index is 94.5. The molecule has 3 heteroatoms. The lowest BCUT2D eigenvalue weighted by Gasteiger charge is -1.96. The van der Waals surface area contributed by atoms with E-state index in [1.54, 1.807) is 0 Å². The second-order valence-electron chi connectivity index (χ2n) is 2.75. The Labute approximate surface area is 88.1 Å². The standard InChI is InChI=1S/C9H18O.2ClH/c1-3-5-6-8-9(10)7-4-2;;/h3-8H2,1-2H3;2*1H. The van der Waals surface area contributed by atoms with E-state index in [-0.39, 0.29) is 24.8 Å². The molecule has 0 saturated carbocycles. The maximum Gasteiger partial charge on any atom is 0.132 e. The topological polar surface area (TPSA) is 17.1 Å². The average molecular weight is 215 g/mol. The number of Topliss-reactive ketones (excluding diaryl/α,β-unsaturated/α-hetero) is 1. The van der Waals surface area contributed by atoms with E-state index in [0.717, 1.165) is 25.7 Å². The van der Waals surface area contributed by atoms with Crippen molar-refractivity contribution in [2.75, 3.05) is 0 Å². The summed E-state index contributed by atoms with van der Waals surface area (Å²) in [7, 11) is 0. The zero-order valence-corrected chi connectivity index (χ0v) is 9.60. The van der Waals surface area contributed by atoms with E-state index in [4.69, 9.17) is 0 Å². The maximum absolute atomic E-state index is 10.9. The van der Waals surface area contributed by atoms with Crippen LogP contribution < -0.4 is 0 Å². The first-order valence-corrected chi connectivity index (χ1v) is 4.33. The fourth-order valence-electron chi connectivity index (χ4n) is 0.976. The number of ketones is 1. The molecule has 0 aromatic rings. The quantitative estimate of drug-likeness (QED) is 0.616. The summed E-state index contributed by atoms with van der Waals surface area (Å²) in [6.07, 6.45) is 6.10. The maximum atomic E-state index is 10.9. The van der Waals surface area contributed by atoms with Crippen molar-refractivity contribution in [2.45, 2.75) is 52.4 Å². The van der Waals surface area contributed by atoms with Crippen LogP contribution in [0.2, 0.25) is 0 Å². The number of halogens is 2. The lowest BCUT2D eigenvalue weighted by Crippen LogP contribution is -1.95. The van der Waals surface area contributed by atoms with Crippen molar-refractivity contribution >= 4 is 30.6 Å². The van der Waals surface area contributed by atoms with Gasteiger partial charge in [-0.1, -0.05) is 26.7 Å². The smallest absolute Gasteiger partial charge is 0.132 e. The summed E-state index contributed by atoms with van der Waals surface area (Å²) in [5, 5.41) is 0. The van der Waals surface area contributed by atoms with Crippen LogP contribution in [0.15, 0.2) is 0 Å². The molecule has 0 aliphatic heterocycles. The molecule has 0 atom stereocenters. The van der Waals surface area contributed by atoms with Crippen molar-refractivity contribution in [3.8, 4) is 0 Å². The molecule has 0 rings (SSSR count). The lowest BCUT2D eigenvalue weighted by atomic mass is 10.1. The molecule has 0 unspecified atom stereocenters. The predicted molar refractivity (Wildman–Crippen MR) is 58.6 cm³/mol. The number of hydrogen-bond acceptors (Lipinski definition) is 1. The van der Waals surface area contributed by atoms with E-state index in [1.807, 2.05) is 0 Å². The van der Waals surface area contributed by atoms with Gasteiger partial charge < -0.3 is 0 Å². The number of rotatable bonds is 6. The molecule has 0 aromatic carbocycles. The molecule has 0 heterocycles. The minimum Gasteiger partial charge on any atom is -0.300 e. The van der Waals surface area contributed by atoms with Crippen molar-refractivity contribution in [3.63, 3.8) is 0 Å². The number of carbonyl (C=O) groups excluding carboxylic acids is 1. The molecule has 0 amide bonds. The first kappa shape index (κ1) is 18.1. The summed E-state index contributed by atoms with van der Waals surface area (Å²) in [6.45, 7) is 4.21. The van der Waals surface area contributed by atoms with Crippen LogP contribution in [-0.2, 0) is 4.79 Å². The fourth-order valence-corrected chi connectivity index (χ4v) is 0.976. The van der Waals surface area contributed by atoms with Crippen molar-refractivity contribution in [1.82, 2.24) is 0 Å². The molecule has 0 N–H and O–H groups in total. The van der Waals surface area contributed by atoms with Gasteiger partial charge in [-0.2, -0.15) is 0 Å². The summed E-state index contributed by atoms with van der Waals surface area (Å²) in [6, 6.07) is 0. The van der Waals surface area contributed by atoms with Crippen molar-refractivity contribution in [2.24, 2.45) is 0 Å². The van der Waals surface area contributed by atoms with Gasteiger partial charge in [-0.05, 0) is 12.8 Å². The van der Waals surface area contributed by atoms with Gasteiger partial charge in [-0.3, -0.25) is 4.79 Å². The molecule has 0 fully saturated rings. The highest BCUT2D eigenvalue weighted by molar-refractivity contribution is 5.85. The van der Waals surface area contributed by atoms with E-state index in [1.165, 1.54) is 12.8 Å². The van der Waals surface area contributed by atoms with Gasteiger partial charge in [0.2, 0.25) is 0 Å². The number of carbonyl (C=O) groups is 1. The second-order valence-corrected chi connectivity index (χ2v) is 2.75. The Kier molecular flexibility index (Phi) is 20.9. The van der Waals surface area contributed by atoms with Crippen molar-refractivity contribution < 1.29 is 4.79 Å². The van der Waals surface area contributed by atoms with Crippen LogP contribution in [0.1, 0.15) is 52.4 Å². The van der Waals surface area contributed by atoms with Gasteiger partial charge in [0.25, 0.3) is 0 Å². The van der Waals surface area contributed by atoms with Gasteiger partial charge in [0.15, 0.2) is 0 Å². The van der Waals surface area contributed by atoms with E-state index in [0.29, 0.717) is 5.78 Å². The molecule has 0 radical (unpaired) electrons. The minimum absolute atomic E-state index is 0. The first-order valence-electron chi connectivity index (χ1n) is 4.33. The highest BCUT2D eigenvalue weighted by Crippen LogP contribution is 2.02. The molecule has 0 aliphatic rings. The van der Waals surface area contributed by atoms with Crippen LogP contribution in [-0.4, -0.2) is 5.78 Å². The van der Waals surface area contributed by atoms with E-state index >= 15 is 0 Å². The molecule has 0 aliphatic carbocycles. The van der Waals surface area contributed by atoms with Gasteiger partial charge in [-0.15, -0.1) is 24.8 Å². The van der Waals surface area contributed by atoms with E-state index in [9.17, 15) is 4.79 Å². The summed E-state index contributed by atoms with van der Waals surface area (Å²) in [5.74, 6) is 0.441. The van der Waals surface area contributed by atoms with Crippen LogP contribution in [0, 0.1) is 0 Å². The molecular formula is C9H20Cl2O. The molecule has 0 aromatic heterocycles. The Morgan fingerprint density at radius 2 is 1.50 bits per heavy atom. The number of hydrogen-bond donors (Lipinski definition) is 0. The van der Waals surface area contributed by atoms with Crippen LogP contribution in [0.3, 0.4) is 0 Å². The Morgan fingerprint density at radius 3 is 1.92 bits per heavy atom. The molecule has 0 saturated heterocycles. The van der Waals surface area contributed by atoms with Gasteiger partial charge in [0, 0.05) is 12.8 Å². The van der Waals surface area contributed by atoms with E-state index in [2.05, 4.69) is 13.8 Å². The Morgan fingerprint density at radius 1 is 0.917 bits per heavy atom. The Hall–Kier alpha value is 0.250. The van der Waals surface area contributed by atoms with Gasteiger partial charge in [0.05, 0.1) is 0 Å². The minimum atomic E-state index is 0. The molecule has 0 spiro atoms. The Balaban J connectivity index is -0.000000405. The highest BCUT2D eigenvalue weighted by Gasteiger charge is 1.97. The monoisotopic (exact) mass is 214 g/mol. The lowest BCUT2D eigenvalue weighted by molar-refractivity contribution is -0.119. The van der Waals surface area contributed by atoms with Crippen LogP contribution in [0.25, 0.3) is 0 Å². The summed E-state index contributed by atoms with van der Waals surface area (Å²) >= 11 is 0. The summed E-state index contributed by atoms with van der Waals surface area (Å²) in [5.41, 5.74) is 0. The molecule has 0 bridgehead atoms. The first-order chi connectivity index (χ1) is 4.81. The largest absolute Gasteiger partial charge is 0.300 e. The molecule has 1 nitrogen and oxygen atoms in total. The average Bonchev–Trinajstić information content (AvgIpc) is 1.89. The third kappa shape index (κ3) is 12.9. The summed E-state index contributed by atoms with van der Waals surface area (Å²) in [4.78, 5) is 10.9. The van der Waals surface area contributed by atoms with Gasteiger partial charge in [0.1, 0.15) is 5.78 Å². The fraction of sp³-hybridized carbons (Fsp3) is 0.889. The third-order valence-electron chi connectivity index (χ3n) is 1.59. The highest BCUT2D eigenvalue weighted by atomic mass is 35.5. The SMILES string of the molecule is CCCCCC(=O)CCC.Cl.Cl. The molecular weight excluding hydrogens is 195 g/mol. The van der Waals surface area contributed by atoms with Gasteiger partial charge >= 0.3 is 0 Å². The summed E-state index contributed by atoms with van der Waals surface area (Å²) < 4.78 is 0. The molecule has 76 valence electrons. The zero-order chi connectivity index (χ0) is 7.82. The van der Waals surface area contributed by atoms with E-state index < -0.39 is 0 Å². The molecule has 12 heavy (non-hydrogen) atoms. The van der Waals surface area contributed by atoms with Crippen molar-refractivity contribution in [1.29, 1.82) is 0 Å². The van der Waals surface area contributed by atoms with Crippen LogP contribution in [0.4, 0.5) is 0 Å². The third-order valence-corrected chi connectivity index (χ3v) is 1.59. The zero-order valence-electron chi connectivity index (χ0n) is 7.97. The van der Waals surface area contributed by atoms with Crippen LogP contribution in [0.5, 0.6) is 0 Å². The van der Waals surface area contributed by atoms with Gasteiger partial charge in [-0.25, -0.2) is 0 Å². The predicted octanol–water partition coefficient (Wildman–Crippen LogP) is 3.78. The van der Waals surface area contributed by atoms with Crippen LogP contribution >= 0.6 is 24.8 Å².